The molecule has 0 aliphatic carbocycles. The molecule has 0 radical (unpaired) electrons. The van der Waals surface area contributed by atoms with Crippen LogP contribution in [0.25, 0.3) is 11.3 Å². The van der Waals surface area contributed by atoms with Crippen LogP contribution in [0.1, 0.15) is 0 Å². The van der Waals surface area contributed by atoms with Gasteiger partial charge < -0.3 is 15.7 Å². The molecule has 1 heterocycles. The molecule has 0 aliphatic heterocycles. The first-order valence-corrected chi connectivity index (χ1v) is 7.91. The van der Waals surface area contributed by atoms with Crippen molar-refractivity contribution in [2.45, 2.75) is 0 Å². The molecule has 0 saturated carbocycles. The molecule has 6 nitrogen and oxygen atoms in total. The van der Waals surface area contributed by atoms with Crippen molar-refractivity contribution in [1.29, 1.82) is 0 Å². The molecule has 0 aliphatic rings. The van der Waals surface area contributed by atoms with E-state index in [0.29, 0.717) is 16.5 Å². The van der Waals surface area contributed by atoms with Gasteiger partial charge in [-0.25, -0.2) is 4.98 Å². The van der Waals surface area contributed by atoms with Gasteiger partial charge in [0.15, 0.2) is 0 Å². The van der Waals surface area contributed by atoms with Gasteiger partial charge in [-0.3, -0.25) is 4.79 Å². The lowest BCUT2D eigenvalue weighted by Gasteiger charge is -2.11. The molecule has 0 amide bonds. The summed E-state index contributed by atoms with van der Waals surface area (Å²) in [6.45, 7) is -0.265. The second-order valence-electron chi connectivity index (χ2n) is 5.21. The normalized spacial score (nSPS) is 10.3. The van der Waals surface area contributed by atoms with E-state index in [4.69, 9.17) is 16.7 Å². The van der Waals surface area contributed by atoms with Crippen molar-refractivity contribution in [2.24, 2.45) is 0 Å². The summed E-state index contributed by atoms with van der Waals surface area (Å²) < 4.78 is 0. The zero-order valence-corrected chi connectivity index (χ0v) is 13.9. The van der Waals surface area contributed by atoms with E-state index in [1.54, 1.807) is 18.2 Å². The standard InChI is InChI=1S/C18H15ClN4O2/c19-13-6-8-14(9-7-13)21-16-10-15(12-4-2-1-3-5-12)22-18(23-16)20-11-17(24)25/h1-10H,11H2,(H,24,25)(H2,20,21,22,23). The third kappa shape index (κ3) is 4.68. The molecule has 7 heteroatoms. The number of halogens is 1. The number of nitrogens with one attached hydrogen (secondary N) is 2. The molecule has 25 heavy (non-hydrogen) atoms. The Morgan fingerprint density at radius 1 is 1.04 bits per heavy atom. The fourth-order valence-corrected chi connectivity index (χ4v) is 2.31. The van der Waals surface area contributed by atoms with Crippen LogP contribution in [0.15, 0.2) is 60.7 Å². The van der Waals surface area contributed by atoms with Gasteiger partial charge in [-0.1, -0.05) is 41.9 Å². The van der Waals surface area contributed by atoms with Crippen molar-refractivity contribution in [3.05, 3.63) is 65.7 Å². The second-order valence-corrected chi connectivity index (χ2v) is 5.64. The zero-order chi connectivity index (χ0) is 17.6. The first-order chi connectivity index (χ1) is 12.1. The predicted molar refractivity (Wildman–Crippen MR) is 98.3 cm³/mol. The molecule has 0 bridgehead atoms. The van der Waals surface area contributed by atoms with E-state index in [-0.39, 0.29) is 12.5 Å². The van der Waals surface area contributed by atoms with Crippen LogP contribution in [0.5, 0.6) is 0 Å². The minimum Gasteiger partial charge on any atom is -0.480 e. The highest BCUT2D eigenvalue weighted by Gasteiger charge is 2.08. The lowest BCUT2D eigenvalue weighted by Crippen LogP contribution is -2.15. The maximum Gasteiger partial charge on any atom is 0.322 e. The number of rotatable bonds is 6. The van der Waals surface area contributed by atoms with Gasteiger partial charge in [-0.05, 0) is 24.3 Å². The van der Waals surface area contributed by atoms with Gasteiger partial charge in [0.05, 0.1) is 5.69 Å². The molecule has 3 rings (SSSR count). The van der Waals surface area contributed by atoms with Gasteiger partial charge in [0.1, 0.15) is 12.4 Å². The van der Waals surface area contributed by atoms with Crippen molar-refractivity contribution < 1.29 is 9.90 Å². The fraction of sp³-hybridized carbons (Fsp3) is 0.0556. The van der Waals surface area contributed by atoms with Crippen molar-refractivity contribution in [3.8, 4) is 11.3 Å². The number of carboxylic acids is 1. The topological polar surface area (TPSA) is 87.1 Å². The van der Waals surface area contributed by atoms with Crippen LogP contribution in [-0.4, -0.2) is 27.6 Å². The van der Waals surface area contributed by atoms with E-state index in [9.17, 15) is 4.79 Å². The summed E-state index contributed by atoms with van der Waals surface area (Å²) in [5, 5.41) is 15.4. The average molecular weight is 355 g/mol. The molecule has 0 atom stereocenters. The molecule has 3 aromatic rings. The Balaban J connectivity index is 1.93. The average Bonchev–Trinajstić information content (AvgIpc) is 2.62. The number of nitrogens with zero attached hydrogens (tertiary/aromatic N) is 2. The maximum absolute atomic E-state index is 10.8. The van der Waals surface area contributed by atoms with E-state index >= 15 is 0 Å². The van der Waals surface area contributed by atoms with Gasteiger partial charge in [0.25, 0.3) is 0 Å². The number of anilines is 3. The van der Waals surface area contributed by atoms with E-state index in [0.717, 1.165) is 11.3 Å². The number of benzene rings is 2. The van der Waals surface area contributed by atoms with E-state index in [1.807, 2.05) is 42.5 Å². The highest BCUT2D eigenvalue weighted by atomic mass is 35.5. The van der Waals surface area contributed by atoms with Crippen LogP contribution >= 0.6 is 11.6 Å². The number of carbonyl (C=O) groups is 1. The monoisotopic (exact) mass is 354 g/mol. The summed E-state index contributed by atoms with van der Waals surface area (Å²) in [4.78, 5) is 19.5. The summed E-state index contributed by atoms with van der Waals surface area (Å²) in [7, 11) is 0. The Hall–Kier alpha value is -3.12. The molecule has 1 aromatic heterocycles. The smallest absolute Gasteiger partial charge is 0.322 e. The molecule has 0 saturated heterocycles. The van der Waals surface area contributed by atoms with Crippen LogP contribution in [-0.2, 0) is 4.79 Å². The van der Waals surface area contributed by atoms with Crippen molar-refractivity contribution in [3.63, 3.8) is 0 Å². The van der Waals surface area contributed by atoms with Gasteiger partial charge in [0, 0.05) is 22.3 Å². The van der Waals surface area contributed by atoms with Crippen LogP contribution in [0.4, 0.5) is 17.5 Å². The molecule has 0 spiro atoms. The Bertz CT molecular complexity index is 870. The summed E-state index contributed by atoms with van der Waals surface area (Å²) in [6.07, 6.45) is 0. The van der Waals surface area contributed by atoms with Crippen LogP contribution in [0.3, 0.4) is 0 Å². The van der Waals surface area contributed by atoms with Gasteiger partial charge in [0.2, 0.25) is 5.95 Å². The number of carboxylic acid groups (broad SMARTS) is 1. The Labute approximate surface area is 149 Å². The largest absolute Gasteiger partial charge is 0.480 e. The lowest BCUT2D eigenvalue weighted by atomic mass is 10.1. The number of aromatic nitrogens is 2. The molecule has 2 aromatic carbocycles. The van der Waals surface area contributed by atoms with E-state index in [2.05, 4.69) is 20.6 Å². The van der Waals surface area contributed by atoms with Crippen LogP contribution in [0, 0.1) is 0 Å². The van der Waals surface area contributed by atoms with E-state index < -0.39 is 5.97 Å². The lowest BCUT2D eigenvalue weighted by molar-refractivity contribution is -0.134. The predicted octanol–water partition coefficient (Wildman–Crippen LogP) is 4.04. The van der Waals surface area contributed by atoms with Gasteiger partial charge in [-0.15, -0.1) is 0 Å². The summed E-state index contributed by atoms with van der Waals surface area (Å²) in [5.74, 6) is -0.204. The molecule has 3 N–H and O–H groups in total. The number of aliphatic carboxylic acids is 1. The molecular weight excluding hydrogens is 340 g/mol. The van der Waals surface area contributed by atoms with Gasteiger partial charge in [-0.2, -0.15) is 4.98 Å². The summed E-state index contributed by atoms with van der Waals surface area (Å²) >= 11 is 5.90. The molecule has 126 valence electrons. The Morgan fingerprint density at radius 3 is 2.44 bits per heavy atom. The minimum absolute atomic E-state index is 0.236. The third-order valence-electron chi connectivity index (χ3n) is 3.31. The first-order valence-electron chi connectivity index (χ1n) is 7.53. The number of hydrogen-bond acceptors (Lipinski definition) is 5. The Kier molecular flexibility index (Phi) is 5.11. The molecule has 0 unspecified atom stereocenters. The second kappa shape index (κ2) is 7.63. The van der Waals surface area contributed by atoms with Gasteiger partial charge >= 0.3 is 5.97 Å². The SMILES string of the molecule is O=C(O)CNc1nc(Nc2ccc(Cl)cc2)cc(-c2ccccc2)n1. The quantitative estimate of drug-likeness (QED) is 0.619. The van der Waals surface area contributed by atoms with Crippen molar-refractivity contribution in [1.82, 2.24) is 9.97 Å². The summed E-state index contributed by atoms with van der Waals surface area (Å²) in [6, 6.07) is 18.6. The Morgan fingerprint density at radius 2 is 1.76 bits per heavy atom. The minimum atomic E-state index is -0.985. The van der Waals surface area contributed by atoms with Crippen molar-refractivity contribution >= 4 is 35.0 Å². The van der Waals surface area contributed by atoms with Crippen molar-refractivity contribution in [2.75, 3.05) is 17.2 Å². The highest BCUT2D eigenvalue weighted by molar-refractivity contribution is 6.30. The molecule has 0 fully saturated rings. The first kappa shape index (κ1) is 16.7. The van der Waals surface area contributed by atoms with E-state index in [1.165, 1.54) is 0 Å². The molecular formula is C18H15ClN4O2. The summed E-state index contributed by atoms with van der Waals surface area (Å²) in [5.41, 5.74) is 2.40. The van der Waals surface area contributed by atoms with Crippen LogP contribution < -0.4 is 10.6 Å². The third-order valence-corrected chi connectivity index (χ3v) is 3.56. The maximum atomic E-state index is 10.8. The fourth-order valence-electron chi connectivity index (χ4n) is 2.18. The number of hydrogen-bond donors (Lipinski definition) is 3. The zero-order valence-electron chi connectivity index (χ0n) is 13.1. The highest BCUT2D eigenvalue weighted by Crippen LogP contribution is 2.24. The van der Waals surface area contributed by atoms with Crippen LogP contribution in [0.2, 0.25) is 5.02 Å².